The molecular weight excluding hydrogens is 244 g/mol. The van der Waals surface area contributed by atoms with Gasteiger partial charge in [-0.15, -0.1) is 0 Å². The van der Waals surface area contributed by atoms with Crippen molar-refractivity contribution in [2.24, 2.45) is 5.92 Å². The van der Waals surface area contributed by atoms with Gasteiger partial charge >= 0.3 is 0 Å². The van der Waals surface area contributed by atoms with E-state index in [1.54, 1.807) is 6.92 Å². The van der Waals surface area contributed by atoms with Crippen LogP contribution in [0.4, 0.5) is 8.78 Å². The Morgan fingerprint density at radius 3 is 2.47 bits per heavy atom. The summed E-state index contributed by atoms with van der Waals surface area (Å²) in [5, 5.41) is 3.35. The highest BCUT2D eigenvalue weighted by molar-refractivity contribution is 5.28. The lowest BCUT2D eigenvalue weighted by molar-refractivity contribution is 0.269. The van der Waals surface area contributed by atoms with Crippen molar-refractivity contribution in [3.8, 4) is 0 Å². The van der Waals surface area contributed by atoms with Crippen LogP contribution in [-0.2, 0) is 0 Å². The summed E-state index contributed by atoms with van der Waals surface area (Å²) in [6.45, 7) is 4.39. The van der Waals surface area contributed by atoms with Crippen LogP contribution in [0.1, 0.15) is 56.2 Å². The fraction of sp³-hybridized carbons (Fsp3) is 0.625. The van der Waals surface area contributed by atoms with Crippen LogP contribution < -0.4 is 5.32 Å². The summed E-state index contributed by atoms with van der Waals surface area (Å²) in [5.74, 6) is -0.171. The van der Waals surface area contributed by atoms with E-state index in [-0.39, 0.29) is 17.7 Å². The predicted octanol–water partition coefficient (Wildman–Crippen LogP) is 4.50. The first kappa shape index (κ1) is 14.4. The maximum Gasteiger partial charge on any atom is 0.128 e. The standard InChI is InChI=1S/C16H23F2N/c1-3-19-16(12-7-5-4-6-8-12)13-10-14(17)11(2)9-15(13)18/h9-10,12,16,19H,3-8H2,1-2H3. The van der Waals surface area contributed by atoms with Gasteiger partial charge in [0.25, 0.3) is 0 Å². The second kappa shape index (κ2) is 6.47. The van der Waals surface area contributed by atoms with Crippen LogP contribution in [0.3, 0.4) is 0 Å². The first-order chi connectivity index (χ1) is 9.13. The third-order valence-electron chi connectivity index (χ3n) is 4.16. The maximum atomic E-state index is 14.2. The molecule has 3 heteroatoms. The molecule has 1 unspecified atom stereocenters. The van der Waals surface area contributed by atoms with E-state index >= 15 is 0 Å². The number of rotatable bonds is 4. The molecule has 0 spiro atoms. The van der Waals surface area contributed by atoms with Gasteiger partial charge in [0.05, 0.1) is 0 Å². The Hall–Kier alpha value is -0.960. The molecule has 1 N–H and O–H groups in total. The van der Waals surface area contributed by atoms with Crippen LogP contribution in [0.5, 0.6) is 0 Å². The van der Waals surface area contributed by atoms with Gasteiger partial charge in [0, 0.05) is 11.6 Å². The number of aryl methyl sites for hydroxylation is 1. The van der Waals surface area contributed by atoms with Gasteiger partial charge in [-0.25, -0.2) is 8.78 Å². The molecule has 1 aliphatic rings. The van der Waals surface area contributed by atoms with E-state index in [0.29, 0.717) is 17.0 Å². The highest BCUT2D eigenvalue weighted by atomic mass is 19.1. The van der Waals surface area contributed by atoms with Crippen molar-refractivity contribution in [1.82, 2.24) is 5.32 Å². The molecule has 0 bridgehead atoms. The monoisotopic (exact) mass is 267 g/mol. The molecule has 1 fully saturated rings. The Morgan fingerprint density at radius 2 is 1.84 bits per heavy atom. The molecule has 0 saturated heterocycles. The van der Waals surface area contributed by atoms with E-state index in [9.17, 15) is 8.78 Å². The van der Waals surface area contributed by atoms with Crippen molar-refractivity contribution in [3.05, 3.63) is 34.9 Å². The van der Waals surface area contributed by atoms with E-state index in [1.807, 2.05) is 6.92 Å². The predicted molar refractivity (Wildman–Crippen MR) is 74.1 cm³/mol. The third-order valence-corrected chi connectivity index (χ3v) is 4.16. The van der Waals surface area contributed by atoms with E-state index in [0.717, 1.165) is 19.4 Å². The molecule has 0 aromatic heterocycles. The van der Waals surface area contributed by atoms with Crippen molar-refractivity contribution in [2.45, 2.75) is 52.0 Å². The molecule has 1 saturated carbocycles. The molecule has 1 aromatic rings. The molecule has 106 valence electrons. The summed E-state index contributed by atoms with van der Waals surface area (Å²) in [6, 6.07) is 2.64. The average molecular weight is 267 g/mol. The summed E-state index contributed by atoms with van der Waals surface area (Å²) in [6.07, 6.45) is 5.87. The molecule has 1 atom stereocenters. The first-order valence-electron chi connectivity index (χ1n) is 7.32. The minimum absolute atomic E-state index is 0.0552. The zero-order chi connectivity index (χ0) is 13.8. The Balaban J connectivity index is 2.29. The Bertz CT molecular complexity index is 425. The molecule has 0 aliphatic heterocycles. The van der Waals surface area contributed by atoms with Crippen LogP contribution in [0.2, 0.25) is 0 Å². The van der Waals surface area contributed by atoms with Crippen LogP contribution in [-0.4, -0.2) is 6.54 Å². The fourth-order valence-corrected chi connectivity index (χ4v) is 3.12. The first-order valence-corrected chi connectivity index (χ1v) is 7.32. The summed E-state index contributed by atoms with van der Waals surface area (Å²) >= 11 is 0. The third kappa shape index (κ3) is 3.33. The number of halogens is 2. The van der Waals surface area contributed by atoms with Gasteiger partial charge in [-0.05, 0) is 49.9 Å². The van der Waals surface area contributed by atoms with Crippen LogP contribution >= 0.6 is 0 Å². The largest absolute Gasteiger partial charge is 0.310 e. The van der Waals surface area contributed by atoms with Gasteiger partial charge in [0.1, 0.15) is 11.6 Å². The second-order valence-electron chi connectivity index (χ2n) is 5.56. The maximum absolute atomic E-state index is 14.2. The van der Waals surface area contributed by atoms with E-state index in [4.69, 9.17) is 0 Å². The number of hydrogen-bond acceptors (Lipinski definition) is 1. The lowest BCUT2D eigenvalue weighted by Crippen LogP contribution is -2.30. The van der Waals surface area contributed by atoms with Gasteiger partial charge in [-0.2, -0.15) is 0 Å². The van der Waals surface area contributed by atoms with Crippen molar-refractivity contribution >= 4 is 0 Å². The van der Waals surface area contributed by atoms with E-state index < -0.39 is 0 Å². The Morgan fingerprint density at radius 1 is 1.16 bits per heavy atom. The molecule has 0 radical (unpaired) electrons. The summed E-state index contributed by atoms with van der Waals surface area (Å²) < 4.78 is 27.9. The minimum Gasteiger partial charge on any atom is -0.310 e. The fourth-order valence-electron chi connectivity index (χ4n) is 3.12. The lowest BCUT2D eigenvalue weighted by atomic mass is 9.80. The molecule has 0 amide bonds. The summed E-state index contributed by atoms with van der Waals surface area (Å²) in [4.78, 5) is 0. The number of nitrogens with one attached hydrogen (secondary N) is 1. The quantitative estimate of drug-likeness (QED) is 0.846. The Kier molecular flexibility index (Phi) is 4.92. The zero-order valence-electron chi connectivity index (χ0n) is 11.8. The molecule has 19 heavy (non-hydrogen) atoms. The van der Waals surface area contributed by atoms with Crippen LogP contribution in [0.15, 0.2) is 12.1 Å². The van der Waals surface area contributed by atoms with Crippen LogP contribution in [0.25, 0.3) is 0 Å². The number of hydrogen-bond donors (Lipinski definition) is 1. The second-order valence-corrected chi connectivity index (χ2v) is 5.56. The van der Waals surface area contributed by atoms with Crippen LogP contribution in [0, 0.1) is 24.5 Å². The topological polar surface area (TPSA) is 12.0 Å². The highest BCUT2D eigenvalue weighted by Crippen LogP contribution is 2.35. The number of benzene rings is 1. The van der Waals surface area contributed by atoms with Gasteiger partial charge in [-0.1, -0.05) is 26.2 Å². The van der Waals surface area contributed by atoms with Crippen molar-refractivity contribution in [2.75, 3.05) is 6.54 Å². The lowest BCUT2D eigenvalue weighted by Gasteiger charge is -2.31. The van der Waals surface area contributed by atoms with Gasteiger partial charge in [0.2, 0.25) is 0 Å². The molecule has 2 rings (SSSR count). The summed E-state index contributed by atoms with van der Waals surface area (Å²) in [7, 11) is 0. The molecular formula is C16H23F2N. The molecule has 1 nitrogen and oxygen atoms in total. The van der Waals surface area contributed by atoms with Crippen molar-refractivity contribution in [1.29, 1.82) is 0 Å². The smallest absolute Gasteiger partial charge is 0.128 e. The normalized spacial score (nSPS) is 18.5. The highest BCUT2D eigenvalue weighted by Gasteiger charge is 2.27. The molecule has 0 heterocycles. The Labute approximate surface area is 114 Å². The zero-order valence-corrected chi connectivity index (χ0v) is 11.8. The SMILES string of the molecule is CCNC(c1cc(F)c(C)cc1F)C1CCCCC1. The van der Waals surface area contributed by atoms with Crippen molar-refractivity contribution in [3.63, 3.8) is 0 Å². The van der Waals surface area contributed by atoms with Gasteiger partial charge in [0.15, 0.2) is 0 Å². The molecule has 1 aliphatic carbocycles. The minimum atomic E-state index is -0.310. The molecule has 1 aromatic carbocycles. The van der Waals surface area contributed by atoms with Gasteiger partial charge < -0.3 is 5.32 Å². The summed E-state index contributed by atoms with van der Waals surface area (Å²) in [5.41, 5.74) is 0.872. The average Bonchev–Trinajstić information content (AvgIpc) is 2.42. The van der Waals surface area contributed by atoms with E-state index in [1.165, 1.54) is 31.4 Å². The van der Waals surface area contributed by atoms with Gasteiger partial charge in [-0.3, -0.25) is 0 Å². The van der Waals surface area contributed by atoms with Crippen molar-refractivity contribution < 1.29 is 8.78 Å². The van der Waals surface area contributed by atoms with E-state index in [2.05, 4.69) is 5.32 Å².